The van der Waals surface area contributed by atoms with Gasteiger partial charge in [-0.05, 0) is 12.1 Å². The van der Waals surface area contributed by atoms with Crippen LogP contribution in [0.4, 0.5) is 0 Å². The summed E-state index contributed by atoms with van der Waals surface area (Å²) >= 11 is 1.50. The molecule has 0 spiro atoms. The van der Waals surface area contributed by atoms with Crippen molar-refractivity contribution in [3.05, 3.63) is 29.8 Å². The van der Waals surface area contributed by atoms with Crippen LogP contribution in [-0.4, -0.2) is 46.9 Å². The molecule has 23 heavy (non-hydrogen) atoms. The minimum absolute atomic E-state index is 0.178. The number of carbonyl (C=O) groups excluding carboxylic acids is 1. The van der Waals surface area contributed by atoms with E-state index in [4.69, 9.17) is 5.11 Å². The van der Waals surface area contributed by atoms with Crippen LogP contribution in [0.15, 0.2) is 24.3 Å². The van der Waals surface area contributed by atoms with Crippen LogP contribution in [0, 0.1) is 0 Å². The van der Waals surface area contributed by atoms with Crippen LogP contribution in [-0.2, 0) is 0 Å². The molecule has 0 amide bonds. The number of hydrogen-bond acceptors (Lipinski definition) is 3. The quantitative estimate of drug-likeness (QED) is 0.481. The van der Waals surface area contributed by atoms with Gasteiger partial charge in [0.1, 0.15) is 5.75 Å². The van der Waals surface area contributed by atoms with E-state index in [1.165, 1.54) is 121 Å². The molecule has 1 aromatic rings. The SMILES string of the molecule is CCCCCCCCCCC[CH2][Ca+].O=C([O-])c1ccccc1O. The Morgan fingerprint density at radius 2 is 1.43 bits per heavy atom. The molecule has 0 unspecified atom stereocenters. The number of aromatic carboxylic acids is 1. The van der Waals surface area contributed by atoms with E-state index in [1.54, 1.807) is 6.07 Å². The monoisotopic (exact) mass is 346 g/mol. The summed E-state index contributed by atoms with van der Waals surface area (Å²) in [6.07, 6.45) is 14.7. The molecule has 1 aromatic carbocycles. The van der Waals surface area contributed by atoms with Crippen molar-refractivity contribution >= 4 is 41.8 Å². The summed E-state index contributed by atoms with van der Waals surface area (Å²) in [6.45, 7) is 2.29. The molecule has 0 aliphatic carbocycles. The fourth-order valence-electron chi connectivity index (χ4n) is 2.31. The Labute approximate surface area is 165 Å². The van der Waals surface area contributed by atoms with E-state index in [2.05, 4.69) is 6.92 Å². The van der Waals surface area contributed by atoms with E-state index in [1.807, 2.05) is 0 Å². The Morgan fingerprint density at radius 1 is 0.957 bits per heavy atom. The first-order valence-corrected chi connectivity index (χ1v) is 10.5. The molecule has 0 heterocycles. The van der Waals surface area contributed by atoms with Crippen LogP contribution in [0.3, 0.4) is 0 Å². The first kappa shape index (κ1) is 22.7. The van der Waals surface area contributed by atoms with Crippen molar-refractivity contribution in [3.63, 3.8) is 0 Å². The zero-order valence-electron chi connectivity index (χ0n) is 14.6. The second-order valence-electron chi connectivity index (χ2n) is 5.84. The molecule has 0 aliphatic rings. The average Bonchev–Trinajstić information content (AvgIpc) is 2.54. The first-order valence-electron chi connectivity index (χ1n) is 8.92. The smallest absolute Gasteiger partial charge is 0.124 e. The number of para-hydroxylation sites is 1. The van der Waals surface area contributed by atoms with Crippen molar-refractivity contribution in [2.45, 2.75) is 73.6 Å². The molecule has 0 bridgehead atoms. The topological polar surface area (TPSA) is 60.4 Å². The van der Waals surface area contributed by atoms with Gasteiger partial charge in [-0.3, -0.25) is 0 Å². The van der Waals surface area contributed by atoms with Gasteiger partial charge in [-0.2, -0.15) is 0 Å². The van der Waals surface area contributed by atoms with Gasteiger partial charge in [0.25, 0.3) is 0 Å². The number of carboxylic acids is 1. The largest absolute Gasteiger partial charge is 0.545 e. The standard InChI is InChI=1S/C12H25.C7H6O3.Ca/c1-3-5-7-9-11-12-10-8-6-4-2;8-6-4-2-1-3-5(6)7(9)10;/h1,3-12H2,2H3;1-4,8H,(H,9,10);/q;;+1/p-1. The maximum atomic E-state index is 10.2. The van der Waals surface area contributed by atoms with Crippen LogP contribution >= 0.6 is 0 Å². The third kappa shape index (κ3) is 13.8. The molecule has 0 atom stereocenters. The predicted molar refractivity (Wildman–Crippen MR) is 94.8 cm³/mol. The maximum Gasteiger partial charge on any atom is 0.124 e. The minimum Gasteiger partial charge on any atom is -0.545 e. The van der Waals surface area contributed by atoms with Gasteiger partial charge in [-0.1, -0.05) is 12.1 Å². The fourth-order valence-corrected chi connectivity index (χ4v) is 2.86. The number of hydrogen-bond donors (Lipinski definition) is 1. The molecule has 4 heteroatoms. The Morgan fingerprint density at radius 3 is 1.83 bits per heavy atom. The van der Waals surface area contributed by atoms with E-state index in [9.17, 15) is 9.90 Å². The van der Waals surface area contributed by atoms with Crippen molar-refractivity contribution in [1.29, 1.82) is 0 Å². The van der Waals surface area contributed by atoms with Crippen molar-refractivity contribution in [2.75, 3.05) is 0 Å². The molecule has 0 saturated carbocycles. The fraction of sp³-hybridized carbons (Fsp3) is 0.632. The van der Waals surface area contributed by atoms with Crippen LogP contribution in [0.2, 0.25) is 2.52 Å². The molecule has 0 saturated heterocycles. The molecule has 126 valence electrons. The Hall–Kier alpha value is -0.250. The molecule has 0 fully saturated rings. The van der Waals surface area contributed by atoms with Gasteiger partial charge in [0.05, 0.1) is 5.97 Å². The van der Waals surface area contributed by atoms with E-state index >= 15 is 0 Å². The van der Waals surface area contributed by atoms with Crippen LogP contribution < -0.4 is 5.11 Å². The Balaban J connectivity index is 0.000000433. The summed E-state index contributed by atoms with van der Waals surface area (Å²) in [5.74, 6) is -1.62. The third-order valence-corrected chi connectivity index (χ3v) is 4.51. The normalized spacial score (nSPS) is 10.0. The van der Waals surface area contributed by atoms with Gasteiger partial charge in [-0.25, -0.2) is 0 Å². The van der Waals surface area contributed by atoms with Gasteiger partial charge in [0.2, 0.25) is 0 Å². The summed E-state index contributed by atoms with van der Waals surface area (Å²) in [5, 5.41) is 19.0. The summed E-state index contributed by atoms with van der Waals surface area (Å²) in [5.41, 5.74) is -0.178. The van der Waals surface area contributed by atoms with Gasteiger partial charge >= 0.3 is 109 Å². The van der Waals surface area contributed by atoms with Gasteiger partial charge in [0.15, 0.2) is 0 Å². The summed E-state index contributed by atoms with van der Waals surface area (Å²) in [6, 6.07) is 5.64. The van der Waals surface area contributed by atoms with Crippen molar-refractivity contribution in [2.24, 2.45) is 0 Å². The van der Waals surface area contributed by atoms with Crippen LogP contribution in [0.1, 0.15) is 81.5 Å². The summed E-state index contributed by atoms with van der Waals surface area (Å²) < 4.78 is 1.50. The number of carboxylic acid groups (broad SMARTS) is 1. The summed E-state index contributed by atoms with van der Waals surface area (Å²) in [4.78, 5) is 10.2. The Bertz CT molecular complexity index is 397. The molecular formula is C19H30CaO3. The first-order chi connectivity index (χ1) is 11.1. The minimum atomic E-state index is -1.36. The van der Waals surface area contributed by atoms with Gasteiger partial charge < -0.3 is 15.0 Å². The number of carbonyl (C=O) groups is 1. The predicted octanol–water partition coefficient (Wildman–Crippen LogP) is 4.25. The molecule has 0 aromatic heterocycles. The van der Waals surface area contributed by atoms with Crippen molar-refractivity contribution in [3.8, 4) is 5.75 Å². The van der Waals surface area contributed by atoms with E-state index in [-0.39, 0.29) is 11.3 Å². The number of benzene rings is 1. The molecular weight excluding hydrogens is 316 g/mol. The van der Waals surface area contributed by atoms with Crippen molar-refractivity contribution < 1.29 is 15.0 Å². The van der Waals surface area contributed by atoms with Crippen molar-refractivity contribution in [1.82, 2.24) is 0 Å². The van der Waals surface area contributed by atoms with E-state index < -0.39 is 5.97 Å². The van der Waals surface area contributed by atoms with E-state index in [0.717, 1.165) is 0 Å². The zero-order valence-corrected chi connectivity index (χ0v) is 16.8. The number of aromatic hydroxyl groups is 1. The zero-order chi connectivity index (χ0) is 17.3. The molecule has 3 nitrogen and oxygen atoms in total. The Kier molecular flexibility index (Phi) is 16.4. The number of rotatable bonds is 11. The second kappa shape index (κ2) is 16.6. The van der Waals surface area contributed by atoms with Crippen LogP contribution in [0.25, 0.3) is 0 Å². The molecule has 1 N–H and O–H groups in total. The van der Waals surface area contributed by atoms with Gasteiger partial charge in [0, 0.05) is 5.56 Å². The average molecular weight is 347 g/mol. The second-order valence-corrected chi connectivity index (χ2v) is 6.94. The van der Waals surface area contributed by atoms with E-state index in [0.29, 0.717) is 0 Å². The molecule has 0 aliphatic heterocycles. The third-order valence-electron chi connectivity index (χ3n) is 3.73. The number of phenols is 1. The number of unbranched alkanes of at least 4 members (excludes halogenated alkanes) is 9. The van der Waals surface area contributed by atoms with Crippen LogP contribution in [0.5, 0.6) is 5.75 Å². The maximum absolute atomic E-state index is 10.2. The summed E-state index contributed by atoms with van der Waals surface area (Å²) in [7, 11) is 0. The molecule has 1 rings (SSSR count). The van der Waals surface area contributed by atoms with Gasteiger partial charge in [-0.15, -0.1) is 0 Å². The molecule has 0 radical (unpaired) electrons.